The molecule has 0 unspecified atom stereocenters. The molecule has 2 fully saturated rings. The van der Waals surface area contributed by atoms with E-state index in [0.717, 1.165) is 31.1 Å². The molecule has 0 bridgehead atoms. The largest absolute Gasteiger partial charge is 0.434 e. The average Bonchev–Trinajstić information content (AvgIpc) is 2.95. The Labute approximate surface area is 221 Å². The van der Waals surface area contributed by atoms with E-state index in [1.54, 1.807) is 30.3 Å². The van der Waals surface area contributed by atoms with Gasteiger partial charge in [-0.1, -0.05) is 42.8 Å². The Kier molecular flexibility index (Phi) is 11.4. The van der Waals surface area contributed by atoms with Crippen molar-refractivity contribution in [3.8, 4) is 0 Å². The summed E-state index contributed by atoms with van der Waals surface area (Å²) in [4.78, 5) is 21.3. The summed E-state index contributed by atoms with van der Waals surface area (Å²) in [6, 6.07) is 18.1. The van der Waals surface area contributed by atoms with E-state index in [2.05, 4.69) is 20.6 Å². The molecule has 5 rings (SSSR count). The van der Waals surface area contributed by atoms with Crippen molar-refractivity contribution in [2.75, 3.05) is 37.2 Å². The number of nitrogens with zero attached hydrogens (tertiary/aromatic N) is 3. The molecule has 2 saturated heterocycles. The molecule has 1 amide bonds. The summed E-state index contributed by atoms with van der Waals surface area (Å²) in [6.45, 7) is 3.42. The lowest BCUT2D eigenvalue weighted by atomic mass is 10.1. The van der Waals surface area contributed by atoms with Crippen molar-refractivity contribution in [1.29, 1.82) is 0 Å². The number of carbonyl (C=O) groups excluding carboxylic acids is 1. The third-order valence-electron chi connectivity index (χ3n) is 5.97. The molecule has 7 nitrogen and oxygen atoms in total. The van der Waals surface area contributed by atoms with E-state index in [4.69, 9.17) is 5.73 Å². The van der Waals surface area contributed by atoms with Gasteiger partial charge in [0.15, 0.2) is 5.69 Å². The summed E-state index contributed by atoms with van der Waals surface area (Å²) < 4.78 is 40.2. The van der Waals surface area contributed by atoms with Crippen LogP contribution in [0.1, 0.15) is 54.6 Å². The summed E-state index contributed by atoms with van der Waals surface area (Å²) >= 11 is 0. The van der Waals surface area contributed by atoms with Gasteiger partial charge in [-0.05, 0) is 69.5 Å². The number of para-hydroxylation sites is 2. The highest BCUT2D eigenvalue weighted by molar-refractivity contribution is 5.95. The van der Waals surface area contributed by atoms with Crippen LogP contribution in [0.15, 0.2) is 66.9 Å². The van der Waals surface area contributed by atoms with Gasteiger partial charge in [-0.3, -0.25) is 4.79 Å². The first-order chi connectivity index (χ1) is 18.3. The molecule has 38 heavy (non-hydrogen) atoms. The minimum Gasteiger partial charge on any atom is -0.399 e. The van der Waals surface area contributed by atoms with Gasteiger partial charge in [0, 0.05) is 30.7 Å². The van der Waals surface area contributed by atoms with E-state index < -0.39 is 23.3 Å². The molecule has 204 valence electrons. The number of anilines is 3. The monoisotopic (exact) mass is 528 g/mol. The van der Waals surface area contributed by atoms with Crippen LogP contribution in [0.25, 0.3) is 0 Å². The molecule has 0 atom stereocenters. The molecular formula is C28H35F3N6O. The zero-order chi connectivity index (χ0) is 27.2. The molecule has 3 aromatic rings. The maximum absolute atomic E-state index is 13.4. The Bertz CT molecular complexity index is 1090. The molecule has 4 N–H and O–H groups in total. The first kappa shape index (κ1) is 28.9. The highest BCUT2D eigenvalue weighted by Gasteiger charge is 2.39. The third-order valence-corrected chi connectivity index (χ3v) is 5.97. The smallest absolute Gasteiger partial charge is 0.399 e. The molecule has 2 aromatic carbocycles. The Morgan fingerprint density at radius 2 is 1.45 bits per heavy atom. The lowest BCUT2D eigenvalue weighted by Crippen LogP contribution is -2.37. The quantitative estimate of drug-likeness (QED) is 0.367. The van der Waals surface area contributed by atoms with Crippen molar-refractivity contribution in [3.63, 3.8) is 0 Å². The lowest BCUT2D eigenvalue weighted by molar-refractivity contribution is -0.141. The number of aromatic nitrogens is 2. The van der Waals surface area contributed by atoms with Crippen molar-refractivity contribution >= 4 is 23.2 Å². The van der Waals surface area contributed by atoms with Crippen LogP contribution >= 0.6 is 0 Å². The lowest BCUT2D eigenvalue weighted by Gasteiger charge is -2.27. The van der Waals surface area contributed by atoms with E-state index in [9.17, 15) is 18.0 Å². The second-order valence-corrected chi connectivity index (χ2v) is 9.02. The Morgan fingerprint density at radius 3 is 1.92 bits per heavy atom. The van der Waals surface area contributed by atoms with Crippen LogP contribution in [0.3, 0.4) is 0 Å². The topological polar surface area (TPSA) is 96.2 Å². The molecule has 0 saturated carbocycles. The van der Waals surface area contributed by atoms with Gasteiger partial charge in [0.1, 0.15) is 0 Å². The highest BCUT2D eigenvalue weighted by atomic mass is 19.4. The number of amides is 1. The number of rotatable bonds is 3. The fourth-order valence-corrected chi connectivity index (χ4v) is 3.99. The summed E-state index contributed by atoms with van der Waals surface area (Å²) in [5.41, 5.74) is 5.02. The summed E-state index contributed by atoms with van der Waals surface area (Å²) in [5, 5.41) is 6.00. The SMILES string of the molecule is C1CCNCC1.Nc1ccccc1.O=C(c1cnc(Nc2ccccc2)nc1C(F)(F)F)N1CCCCC1. The van der Waals surface area contributed by atoms with Gasteiger partial charge in [-0.2, -0.15) is 13.2 Å². The van der Waals surface area contributed by atoms with Crippen LogP contribution in [-0.2, 0) is 6.18 Å². The number of alkyl halides is 3. The Balaban J connectivity index is 0.000000249. The molecule has 0 spiro atoms. The number of nitrogen functional groups attached to an aromatic ring is 1. The van der Waals surface area contributed by atoms with Crippen LogP contribution in [0.4, 0.5) is 30.5 Å². The Hall–Kier alpha value is -3.66. The van der Waals surface area contributed by atoms with Crippen molar-refractivity contribution in [3.05, 3.63) is 78.1 Å². The van der Waals surface area contributed by atoms with Crippen molar-refractivity contribution in [2.24, 2.45) is 0 Å². The van der Waals surface area contributed by atoms with Gasteiger partial charge in [0.05, 0.1) is 5.56 Å². The van der Waals surface area contributed by atoms with E-state index >= 15 is 0 Å². The molecule has 0 aliphatic carbocycles. The summed E-state index contributed by atoms with van der Waals surface area (Å²) in [7, 11) is 0. The van der Waals surface area contributed by atoms with Crippen molar-refractivity contribution < 1.29 is 18.0 Å². The molecule has 1 aromatic heterocycles. The standard InChI is InChI=1S/C17H17F3N4O.C6H7N.C5H11N/c18-17(19,20)14-13(15(25)24-9-5-2-6-10-24)11-21-16(23-14)22-12-7-3-1-4-8-12;7-6-4-2-1-3-5-6;1-2-4-6-5-3-1/h1,3-4,7-8,11H,2,5-6,9-10H2,(H,21,22,23);1-5H,7H2;6H,1-5H2. The second-order valence-electron chi connectivity index (χ2n) is 9.02. The van der Waals surface area contributed by atoms with Gasteiger partial charge >= 0.3 is 6.18 Å². The third kappa shape index (κ3) is 9.66. The number of piperidine rings is 2. The maximum Gasteiger partial charge on any atom is 0.434 e. The summed E-state index contributed by atoms with van der Waals surface area (Å²) in [6.07, 6.45) is 3.00. The second kappa shape index (κ2) is 14.9. The van der Waals surface area contributed by atoms with Crippen molar-refractivity contribution in [1.82, 2.24) is 20.2 Å². The van der Waals surface area contributed by atoms with Crippen molar-refractivity contribution in [2.45, 2.75) is 44.7 Å². The molecule has 10 heteroatoms. The highest BCUT2D eigenvalue weighted by Crippen LogP contribution is 2.32. The van der Waals surface area contributed by atoms with Crippen LogP contribution in [0.5, 0.6) is 0 Å². The molecule has 2 aliphatic rings. The van der Waals surface area contributed by atoms with E-state index in [1.807, 2.05) is 30.3 Å². The predicted octanol–water partition coefficient (Wildman–Crippen LogP) is 5.89. The van der Waals surface area contributed by atoms with E-state index in [0.29, 0.717) is 18.8 Å². The van der Waals surface area contributed by atoms with Gasteiger partial charge in [0.25, 0.3) is 5.91 Å². The molecule has 0 radical (unpaired) electrons. The molecular weight excluding hydrogens is 493 g/mol. The minimum atomic E-state index is -4.74. The van der Waals surface area contributed by atoms with E-state index in [-0.39, 0.29) is 5.95 Å². The van der Waals surface area contributed by atoms with Gasteiger partial charge in [-0.15, -0.1) is 0 Å². The fraction of sp³-hybridized carbons (Fsp3) is 0.393. The fourth-order valence-electron chi connectivity index (χ4n) is 3.99. The predicted molar refractivity (Wildman–Crippen MR) is 144 cm³/mol. The number of nitrogens with one attached hydrogen (secondary N) is 2. The number of hydrogen-bond donors (Lipinski definition) is 3. The minimum absolute atomic E-state index is 0.200. The first-order valence-electron chi connectivity index (χ1n) is 12.9. The van der Waals surface area contributed by atoms with Crippen LogP contribution in [0, 0.1) is 0 Å². The first-order valence-corrected chi connectivity index (χ1v) is 12.9. The zero-order valence-corrected chi connectivity index (χ0v) is 21.4. The van der Waals surface area contributed by atoms with Crippen LogP contribution < -0.4 is 16.4 Å². The van der Waals surface area contributed by atoms with Crippen LogP contribution in [-0.4, -0.2) is 47.0 Å². The number of carbonyl (C=O) groups is 1. The number of halogens is 3. The van der Waals surface area contributed by atoms with Gasteiger partial charge < -0.3 is 21.3 Å². The van der Waals surface area contributed by atoms with E-state index in [1.165, 1.54) is 37.3 Å². The maximum atomic E-state index is 13.4. The zero-order valence-electron chi connectivity index (χ0n) is 21.4. The number of hydrogen-bond acceptors (Lipinski definition) is 6. The normalized spacial score (nSPS) is 15.3. The number of benzene rings is 2. The van der Waals surface area contributed by atoms with Gasteiger partial charge in [-0.25, -0.2) is 9.97 Å². The van der Waals surface area contributed by atoms with Crippen LogP contribution in [0.2, 0.25) is 0 Å². The molecule has 3 heterocycles. The number of nitrogens with two attached hydrogens (primary N) is 1. The summed E-state index contributed by atoms with van der Waals surface area (Å²) in [5.74, 6) is -0.869. The Morgan fingerprint density at radius 1 is 0.868 bits per heavy atom. The number of likely N-dealkylation sites (tertiary alicyclic amines) is 1. The average molecular weight is 529 g/mol. The van der Waals surface area contributed by atoms with Gasteiger partial charge in [0.2, 0.25) is 5.95 Å². The molecule has 2 aliphatic heterocycles.